The van der Waals surface area contributed by atoms with Crippen molar-refractivity contribution in [1.82, 2.24) is 4.90 Å². The van der Waals surface area contributed by atoms with Crippen molar-refractivity contribution in [3.05, 3.63) is 22.8 Å². The van der Waals surface area contributed by atoms with E-state index in [2.05, 4.69) is 6.08 Å². The highest BCUT2D eigenvalue weighted by Crippen LogP contribution is 2.43. The van der Waals surface area contributed by atoms with E-state index in [0.717, 1.165) is 4.91 Å². The van der Waals surface area contributed by atoms with Crippen LogP contribution in [0.5, 0.6) is 0 Å². The molecule has 108 valence electrons. The SMILES string of the molecule is NC1C(=O)N2C(C(=O)O)=CC(=CC3CCCCC3)SC12. The zero-order valence-corrected chi connectivity index (χ0v) is 11.9. The van der Waals surface area contributed by atoms with E-state index in [1.807, 2.05) is 0 Å². The van der Waals surface area contributed by atoms with Crippen molar-refractivity contribution in [3.63, 3.8) is 0 Å². The predicted molar refractivity (Wildman–Crippen MR) is 76.6 cm³/mol. The number of carbonyl (C=O) groups is 2. The summed E-state index contributed by atoms with van der Waals surface area (Å²) in [5.41, 5.74) is 5.83. The molecule has 3 aliphatic rings. The molecule has 20 heavy (non-hydrogen) atoms. The Labute approximate surface area is 121 Å². The molecule has 1 saturated heterocycles. The van der Waals surface area contributed by atoms with E-state index in [4.69, 9.17) is 5.73 Å². The molecule has 1 amide bonds. The van der Waals surface area contributed by atoms with Crippen molar-refractivity contribution in [2.24, 2.45) is 11.7 Å². The van der Waals surface area contributed by atoms with Gasteiger partial charge in [-0.15, -0.1) is 0 Å². The van der Waals surface area contributed by atoms with Gasteiger partial charge >= 0.3 is 5.97 Å². The van der Waals surface area contributed by atoms with Crippen LogP contribution in [-0.4, -0.2) is 33.3 Å². The standard InChI is InChI=1S/C14H18N2O3S/c15-11-12(17)16-10(14(18)19)7-9(20-13(11)16)6-8-4-2-1-3-5-8/h6-8,11,13H,1-5,15H2,(H,18,19). The highest BCUT2D eigenvalue weighted by Gasteiger charge is 2.51. The van der Waals surface area contributed by atoms with E-state index in [-0.39, 0.29) is 17.0 Å². The number of allylic oxidation sites excluding steroid dienone is 2. The van der Waals surface area contributed by atoms with Gasteiger partial charge in [-0.25, -0.2) is 4.79 Å². The lowest BCUT2D eigenvalue weighted by molar-refractivity contribution is -0.147. The Balaban J connectivity index is 1.85. The normalized spacial score (nSPS) is 32.6. The molecule has 1 saturated carbocycles. The first-order valence-corrected chi connectivity index (χ1v) is 7.88. The summed E-state index contributed by atoms with van der Waals surface area (Å²) in [4.78, 5) is 25.2. The zero-order valence-electron chi connectivity index (χ0n) is 11.1. The van der Waals surface area contributed by atoms with Crippen LogP contribution in [0.4, 0.5) is 0 Å². The monoisotopic (exact) mass is 294 g/mol. The van der Waals surface area contributed by atoms with Crippen LogP contribution in [0.15, 0.2) is 22.8 Å². The van der Waals surface area contributed by atoms with Crippen LogP contribution in [-0.2, 0) is 9.59 Å². The van der Waals surface area contributed by atoms with E-state index in [1.54, 1.807) is 6.08 Å². The quantitative estimate of drug-likeness (QED) is 0.757. The van der Waals surface area contributed by atoms with Gasteiger partial charge in [0.1, 0.15) is 17.1 Å². The molecule has 0 spiro atoms. The first-order valence-electron chi connectivity index (χ1n) is 7.00. The second-order valence-corrected chi connectivity index (χ2v) is 6.73. The van der Waals surface area contributed by atoms with Crippen LogP contribution < -0.4 is 5.73 Å². The molecule has 2 atom stereocenters. The number of hydrogen-bond acceptors (Lipinski definition) is 4. The van der Waals surface area contributed by atoms with Crippen molar-refractivity contribution in [1.29, 1.82) is 0 Å². The van der Waals surface area contributed by atoms with Crippen molar-refractivity contribution in [3.8, 4) is 0 Å². The Morgan fingerprint density at radius 2 is 2.10 bits per heavy atom. The molecule has 2 heterocycles. The highest BCUT2D eigenvalue weighted by atomic mass is 32.2. The van der Waals surface area contributed by atoms with Crippen LogP contribution >= 0.6 is 11.8 Å². The van der Waals surface area contributed by atoms with Gasteiger partial charge in [-0.1, -0.05) is 37.1 Å². The number of carbonyl (C=O) groups excluding carboxylic acids is 1. The van der Waals surface area contributed by atoms with Crippen molar-refractivity contribution in [2.45, 2.75) is 43.5 Å². The summed E-state index contributed by atoms with van der Waals surface area (Å²) in [5.74, 6) is -0.839. The van der Waals surface area contributed by atoms with Crippen molar-refractivity contribution < 1.29 is 14.7 Å². The Hall–Kier alpha value is -1.27. The molecule has 3 N–H and O–H groups in total. The van der Waals surface area contributed by atoms with E-state index in [1.165, 1.54) is 48.8 Å². The second kappa shape index (κ2) is 5.26. The van der Waals surface area contributed by atoms with E-state index < -0.39 is 12.0 Å². The first-order chi connectivity index (χ1) is 9.58. The maximum absolute atomic E-state index is 11.7. The third kappa shape index (κ3) is 2.27. The summed E-state index contributed by atoms with van der Waals surface area (Å²) in [5, 5.41) is 8.99. The molecule has 5 nitrogen and oxygen atoms in total. The van der Waals surface area contributed by atoms with Gasteiger partial charge in [0.15, 0.2) is 0 Å². The number of carboxylic acids is 1. The summed E-state index contributed by atoms with van der Waals surface area (Å²) in [6.07, 6.45) is 9.88. The minimum absolute atomic E-state index is 0.0579. The van der Waals surface area contributed by atoms with Gasteiger partial charge in [-0.05, 0) is 24.8 Å². The number of carboxylic acid groups (broad SMARTS) is 1. The minimum atomic E-state index is -1.06. The first kappa shape index (κ1) is 13.7. The summed E-state index contributed by atoms with van der Waals surface area (Å²) in [6, 6.07) is -0.585. The number of thioether (sulfide) groups is 1. The number of nitrogens with two attached hydrogens (primary N) is 1. The van der Waals surface area contributed by atoms with Gasteiger partial charge in [0.25, 0.3) is 0 Å². The number of hydrogen-bond donors (Lipinski definition) is 2. The maximum atomic E-state index is 11.7. The lowest BCUT2D eigenvalue weighted by Crippen LogP contribution is -2.67. The average molecular weight is 294 g/mol. The molecular weight excluding hydrogens is 276 g/mol. The van der Waals surface area contributed by atoms with Gasteiger partial charge in [0, 0.05) is 4.91 Å². The topological polar surface area (TPSA) is 83.6 Å². The number of amides is 1. The molecule has 2 fully saturated rings. The third-order valence-electron chi connectivity index (χ3n) is 4.15. The molecule has 6 heteroatoms. The number of fused-ring (bicyclic) bond motifs is 1. The highest BCUT2D eigenvalue weighted by molar-refractivity contribution is 8.04. The van der Waals surface area contributed by atoms with E-state index in [0.29, 0.717) is 5.92 Å². The number of β-lactam (4-membered cyclic amide) rings is 1. The van der Waals surface area contributed by atoms with Crippen molar-refractivity contribution >= 4 is 23.6 Å². The predicted octanol–water partition coefficient (Wildman–Crippen LogP) is 1.66. The lowest BCUT2D eigenvalue weighted by atomic mass is 9.89. The smallest absolute Gasteiger partial charge is 0.352 e. The lowest BCUT2D eigenvalue weighted by Gasteiger charge is -2.47. The molecule has 0 aromatic carbocycles. The van der Waals surface area contributed by atoms with Gasteiger partial charge in [-0.3, -0.25) is 9.69 Å². The summed E-state index contributed by atoms with van der Waals surface area (Å²) < 4.78 is 0. The summed E-state index contributed by atoms with van der Waals surface area (Å²) in [7, 11) is 0. The molecule has 3 rings (SSSR count). The fourth-order valence-corrected chi connectivity index (χ4v) is 4.35. The van der Waals surface area contributed by atoms with Crippen LogP contribution in [0.2, 0.25) is 0 Å². The number of aliphatic carboxylic acids is 1. The maximum Gasteiger partial charge on any atom is 0.352 e. The number of rotatable bonds is 2. The minimum Gasteiger partial charge on any atom is -0.477 e. The van der Waals surface area contributed by atoms with Gasteiger partial charge in [0.05, 0.1) is 0 Å². The Bertz CT molecular complexity index is 509. The van der Waals surface area contributed by atoms with Crippen LogP contribution in [0.1, 0.15) is 32.1 Å². The second-order valence-electron chi connectivity index (χ2n) is 5.54. The largest absolute Gasteiger partial charge is 0.477 e. The Morgan fingerprint density at radius 1 is 1.40 bits per heavy atom. The molecule has 2 unspecified atom stereocenters. The third-order valence-corrected chi connectivity index (χ3v) is 5.42. The fourth-order valence-electron chi connectivity index (χ4n) is 3.03. The van der Waals surface area contributed by atoms with Gasteiger partial charge in [0.2, 0.25) is 5.91 Å². The van der Waals surface area contributed by atoms with Crippen LogP contribution in [0.25, 0.3) is 0 Å². The Kier molecular flexibility index (Phi) is 3.60. The molecule has 2 aliphatic heterocycles. The van der Waals surface area contributed by atoms with Gasteiger partial charge < -0.3 is 10.8 Å². The molecular formula is C14H18N2O3S. The molecule has 0 aromatic rings. The van der Waals surface area contributed by atoms with E-state index >= 15 is 0 Å². The van der Waals surface area contributed by atoms with Crippen LogP contribution in [0, 0.1) is 5.92 Å². The molecule has 0 bridgehead atoms. The zero-order chi connectivity index (χ0) is 14.3. The molecule has 1 aliphatic carbocycles. The van der Waals surface area contributed by atoms with Crippen LogP contribution in [0.3, 0.4) is 0 Å². The average Bonchev–Trinajstić information content (AvgIpc) is 2.46. The van der Waals surface area contributed by atoms with E-state index in [9.17, 15) is 14.7 Å². The number of nitrogens with zero attached hydrogens (tertiary/aromatic N) is 1. The van der Waals surface area contributed by atoms with Gasteiger partial charge in [-0.2, -0.15) is 0 Å². The molecule has 0 radical (unpaired) electrons. The summed E-state index contributed by atoms with van der Waals surface area (Å²) >= 11 is 1.51. The Morgan fingerprint density at radius 3 is 2.75 bits per heavy atom. The fraction of sp³-hybridized carbons (Fsp3) is 0.571. The summed E-state index contributed by atoms with van der Waals surface area (Å²) in [6.45, 7) is 0. The van der Waals surface area contributed by atoms with Crippen molar-refractivity contribution in [2.75, 3.05) is 0 Å². The molecule has 0 aromatic heterocycles.